The predicted octanol–water partition coefficient (Wildman–Crippen LogP) is 2.98. The zero-order chi connectivity index (χ0) is 22.9. The maximum Gasteiger partial charge on any atom is 0.244 e. The fraction of sp³-hybridized carbons (Fsp3) is 0.261. The van der Waals surface area contributed by atoms with Crippen LogP contribution in [0.1, 0.15) is 16.7 Å². The topological polar surface area (TPSA) is 93.7 Å². The van der Waals surface area contributed by atoms with Crippen molar-refractivity contribution in [2.75, 3.05) is 26.8 Å². The molecule has 1 amide bonds. The van der Waals surface area contributed by atoms with Crippen molar-refractivity contribution in [3.8, 4) is 11.5 Å². The molecule has 0 heterocycles. The van der Waals surface area contributed by atoms with Gasteiger partial charge in [-0.05, 0) is 54.8 Å². The van der Waals surface area contributed by atoms with Crippen LogP contribution >= 0.6 is 0 Å². The Morgan fingerprint density at radius 2 is 1.87 bits per heavy atom. The largest absolute Gasteiger partial charge is 0.493 e. The van der Waals surface area contributed by atoms with Crippen LogP contribution in [0, 0.1) is 13.8 Å². The molecule has 0 unspecified atom stereocenters. The number of aryl methyl sites for hydroxylation is 2. The zero-order valence-electron chi connectivity index (χ0n) is 18.0. The monoisotopic (exact) mass is 444 g/mol. The van der Waals surface area contributed by atoms with E-state index in [2.05, 4.69) is 16.6 Å². The second-order valence-electron chi connectivity index (χ2n) is 6.80. The van der Waals surface area contributed by atoms with E-state index in [1.165, 1.54) is 13.2 Å². The van der Waals surface area contributed by atoms with Gasteiger partial charge in [-0.15, -0.1) is 0 Å². The summed E-state index contributed by atoms with van der Waals surface area (Å²) in [4.78, 5) is 12.3. The first-order valence-corrected chi connectivity index (χ1v) is 11.2. The number of carbonyl (C=O) groups is 1. The molecule has 0 spiro atoms. The molecule has 0 radical (unpaired) electrons. The molecule has 31 heavy (non-hydrogen) atoms. The second-order valence-corrected chi connectivity index (χ2v) is 8.54. The second kappa shape index (κ2) is 11.3. The van der Waals surface area contributed by atoms with Gasteiger partial charge in [0.1, 0.15) is 6.61 Å². The van der Waals surface area contributed by atoms with Crippen LogP contribution < -0.4 is 19.5 Å². The molecule has 0 aromatic heterocycles. The number of nitrogens with one attached hydrogen (secondary N) is 2. The fourth-order valence-electron chi connectivity index (χ4n) is 2.73. The van der Waals surface area contributed by atoms with Gasteiger partial charge in [-0.2, -0.15) is 0 Å². The maximum absolute atomic E-state index is 12.4. The van der Waals surface area contributed by atoms with E-state index in [1.807, 2.05) is 13.0 Å². The minimum absolute atomic E-state index is 0.0818. The Kier molecular flexibility index (Phi) is 8.84. The molecule has 7 nitrogen and oxygen atoms in total. The van der Waals surface area contributed by atoms with Crippen LogP contribution in [0.4, 0.5) is 0 Å². The molecular formula is C23H28N2O5S. The lowest BCUT2D eigenvalue weighted by Gasteiger charge is -2.10. The van der Waals surface area contributed by atoms with Crippen LogP contribution in [0.25, 0.3) is 6.08 Å². The first kappa shape index (κ1) is 24.2. The first-order chi connectivity index (χ1) is 14.8. The Balaban J connectivity index is 1.87. The smallest absolute Gasteiger partial charge is 0.244 e. The van der Waals surface area contributed by atoms with Crippen molar-refractivity contribution in [2.24, 2.45) is 0 Å². The lowest BCUT2D eigenvalue weighted by molar-refractivity contribution is -0.116. The van der Waals surface area contributed by atoms with E-state index < -0.39 is 10.0 Å². The molecular weight excluding hydrogens is 416 g/mol. The summed E-state index contributed by atoms with van der Waals surface area (Å²) < 4.78 is 38.2. The van der Waals surface area contributed by atoms with E-state index in [0.29, 0.717) is 23.7 Å². The Morgan fingerprint density at radius 1 is 1.10 bits per heavy atom. The van der Waals surface area contributed by atoms with Crippen LogP contribution in [0.2, 0.25) is 0 Å². The fourth-order valence-corrected chi connectivity index (χ4v) is 4.09. The average molecular weight is 445 g/mol. The molecule has 0 atom stereocenters. The summed E-state index contributed by atoms with van der Waals surface area (Å²) in [6, 6.07) is 10.6. The molecule has 2 N–H and O–H groups in total. The van der Waals surface area contributed by atoms with Crippen molar-refractivity contribution >= 4 is 22.0 Å². The Morgan fingerprint density at radius 3 is 2.58 bits per heavy atom. The highest BCUT2D eigenvalue weighted by Gasteiger charge is 2.16. The van der Waals surface area contributed by atoms with Gasteiger partial charge in [0, 0.05) is 19.2 Å². The Labute approximate surface area is 183 Å². The number of carbonyl (C=O) groups excluding carboxylic acids is 1. The summed E-state index contributed by atoms with van der Waals surface area (Å²) >= 11 is 0. The van der Waals surface area contributed by atoms with Crippen LogP contribution in [-0.2, 0) is 14.8 Å². The van der Waals surface area contributed by atoms with Gasteiger partial charge < -0.3 is 14.8 Å². The van der Waals surface area contributed by atoms with Crippen LogP contribution in [0.15, 0.2) is 60.0 Å². The zero-order valence-corrected chi connectivity index (χ0v) is 18.8. The van der Waals surface area contributed by atoms with Gasteiger partial charge in [0.25, 0.3) is 0 Å². The van der Waals surface area contributed by atoms with Crippen LogP contribution in [0.5, 0.6) is 11.5 Å². The minimum atomic E-state index is -3.64. The van der Waals surface area contributed by atoms with Gasteiger partial charge in [0.05, 0.1) is 12.0 Å². The van der Waals surface area contributed by atoms with Crippen molar-refractivity contribution in [1.82, 2.24) is 10.0 Å². The van der Waals surface area contributed by atoms with Crippen molar-refractivity contribution in [3.05, 3.63) is 71.8 Å². The molecule has 0 aliphatic carbocycles. The van der Waals surface area contributed by atoms with E-state index in [4.69, 9.17) is 9.47 Å². The molecule has 0 aliphatic heterocycles. The van der Waals surface area contributed by atoms with Crippen molar-refractivity contribution in [1.29, 1.82) is 0 Å². The third kappa shape index (κ3) is 7.27. The highest BCUT2D eigenvalue weighted by Crippen LogP contribution is 2.28. The van der Waals surface area contributed by atoms with E-state index in [1.54, 1.807) is 49.4 Å². The molecule has 8 heteroatoms. The Hall–Kier alpha value is -3.10. The summed E-state index contributed by atoms with van der Waals surface area (Å²) in [6.07, 6.45) is 4.65. The highest BCUT2D eigenvalue weighted by molar-refractivity contribution is 7.89. The Bertz CT molecular complexity index is 1060. The molecule has 166 valence electrons. The molecule has 0 fully saturated rings. The maximum atomic E-state index is 12.4. The molecule has 0 saturated carbocycles. The van der Waals surface area contributed by atoms with Crippen LogP contribution in [0.3, 0.4) is 0 Å². The normalized spacial score (nSPS) is 11.3. The quantitative estimate of drug-likeness (QED) is 0.316. The summed E-state index contributed by atoms with van der Waals surface area (Å²) in [5.41, 5.74) is 2.29. The number of ether oxygens (including phenoxy) is 2. The molecule has 2 rings (SSSR count). The lowest BCUT2D eigenvalue weighted by atomic mass is 10.2. The highest BCUT2D eigenvalue weighted by atomic mass is 32.2. The number of methoxy groups -OCH3 is 1. The van der Waals surface area contributed by atoms with Crippen LogP contribution in [-0.4, -0.2) is 41.1 Å². The van der Waals surface area contributed by atoms with E-state index >= 15 is 0 Å². The molecule has 0 saturated heterocycles. The van der Waals surface area contributed by atoms with Crippen molar-refractivity contribution in [3.63, 3.8) is 0 Å². The van der Waals surface area contributed by atoms with E-state index in [-0.39, 0.29) is 23.9 Å². The van der Waals surface area contributed by atoms with Crippen molar-refractivity contribution in [2.45, 2.75) is 18.7 Å². The number of amides is 1. The van der Waals surface area contributed by atoms with E-state index in [0.717, 1.165) is 11.1 Å². The minimum Gasteiger partial charge on any atom is -0.493 e. The van der Waals surface area contributed by atoms with Gasteiger partial charge >= 0.3 is 0 Å². The third-order valence-electron chi connectivity index (χ3n) is 4.32. The molecule has 0 bridgehead atoms. The summed E-state index contributed by atoms with van der Waals surface area (Å²) in [5.74, 6) is 0.794. The third-order valence-corrected chi connectivity index (χ3v) is 5.92. The summed E-state index contributed by atoms with van der Waals surface area (Å²) in [6.45, 7) is 7.79. The van der Waals surface area contributed by atoms with Gasteiger partial charge in [-0.3, -0.25) is 4.79 Å². The average Bonchev–Trinajstić information content (AvgIpc) is 2.75. The van der Waals surface area contributed by atoms with Crippen molar-refractivity contribution < 1.29 is 22.7 Å². The van der Waals surface area contributed by atoms with E-state index in [9.17, 15) is 13.2 Å². The van der Waals surface area contributed by atoms with Gasteiger partial charge in [0.2, 0.25) is 15.9 Å². The standard InChI is InChI=1S/C23H28N2O5S/c1-5-14-30-20-10-8-19(16-21(20)29-4)9-11-23(26)24-12-13-25-31(27,28)22-15-17(2)6-7-18(22)3/h5-11,15-16,25H,1,12-14H2,2-4H3,(H,24,26)/b11-9+. The number of benzene rings is 2. The number of hydrogen-bond donors (Lipinski definition) is 2. The number of hydrogen-bond acceptors (Lipinski definition) is 5. The summed E-state index contributed by atoms with van der Waals surface area (Å²) in [7, 11) is -2.10. The number of rotatable bonds is 11. The van der Waals surface area contributed by atoms with Gasteiger partial charge in [-0.1, -0.05) is 30.9 Å². The molecule has 2 aromatic rings. The predicted molar refractivity (Wildman–Crippen MR) is 122 cm³/mol. The molecule has 2 aromatic carbocycles. The SMILES string of the molecule is C=CCOc1ccc(/C=C/C(=O)NCCNS(=O)(=O)c2cc(C)ccc2C)cc1OC. The number of sulfonamides is 1. The van der Waals surface area contributed by atoms with Gasteiger partial charge in [0.15, 0.2) is 11.5 Å². The van der Waals surface area contributed by atoms with Gasteiger partial charge in [-0.25, -0.2) is 13.1 Å². The molecule has 0 aliphatic rings. The summed E-state index contributed by atoms with van der Waals surface area (Å²) in [5, 5.41) is 2.65. The first-order valence-electron chi connectivity index (χ1n) is 9.71. The lowest BCUT2D eigenvalue weighted by Crippen LogP contribution is -2.34.